The quantitative estimate of drug-likeness (QED) is 0.854. The van der Waals surface area contributed by atoms with Gasteiger partial charge in [0.15, 0.2) is 0 Å². The summed E-state index contributed by atoms with van der Waals surface area (Å²) in [5.41, 5.74) is 3.82. The third-order valence-corrected chi connectivity index (χ3v) is 3.87. The first-order valence-corrected chi connectivity index (χ1v) is 7.06. The van der Waals surface area contributed by atoms with Crippen LogP contribution in [-0.2, 0) is 11.3 Å². The molecule has 0 saturated carbocycles. The number of benzene rings is 2. The van der Waals surface area contributed by atoms with Crippen molar-refractivity contribution in [1.82, 2.24) is 0 Å². The van der Waals surface area contributed by atoms with E-state index in [4.69, 9.17) is 4.74 Å². The van der Waals surface area contributed by atoms with Gasteiger partial charge < -0.3 is 10.1 Å². The van der Waals surface area contributed by atoms with E-state index in [1.165, 1.54) is 18.2 Å². The number of nitrogens with one attached hydrogen (secondary N) is 1. The van der Waals surface area contributed by atoms with Gasteiger partial charge >= 0.3 is 5.97 Å². The lowest BCUT2D eigenvalue weighted by Gasteiger charge is -2.09. The number of carbonyl (C=O) groups is 1. The van der Waals surface area contributed by atoms with Gasteiger partial charge in [-0.25, -0.2) is 4.79 Å². The van der Waals surface area contributed by atoms with Crippen LogP contribution in [0.15, 0.2) is 46.9 Å². The van der Waals surface area contributed by atoms with Crippen molar-refractivity contribution in [3.63, 3.8) is 0 Å². The Kier molecular flexibility index (Phi) is 4.79. The number of aryl methyl sites for hydroxylation is 1. The minimum absolute atomic E-state index is 0.327. The standard InChI is InChI=1S/C16H16BrNO2/c1-11-6-7-12(8-15(11)17)10-18-14-5-3-4-13(9-14)16(19)20-2/h3-9,18H,10H2,1-2H3. The summed E-state index contributed by atoms with van der Waals surface area (Å²) in [5, 5.41) is 3.30. The summed E-state index contributed by atoms with van der Waals surface area (Å²) in [5.74, 6) is -0.327. The number of anilines is 1. The van der Waals surface area contributed by atoms with E-state index in [-0.39, 0.29) is 5.97 Å². The van der Waals surface area contributed by atoms with Gasteiger partial charge in [0.25, 0.3) is 0 Å². The fourth-order valence-corrected chi connectivity index (χ4v) is 2.25. The molecule has 4 heteroatoms. The number of rotatable bonds is 4. The molecule has 0 aliphatic rings. The molecular formula is C16H16BrNO2. The van der Waals surface area contributed by atoms with Gasteiger partial charge in [0.05, 0.1) is 12.7 Å². The predicted molar refractivity (Wildman–Crippen MR) is 84.0 cm³/mol. The van der Waals surface area contributed by atoms with Crippen molar-refractivity contribution in [2.75, 3.05) is 12.4 Å². The van der Waals surface area contributed by atoms with E-state index in [0.717, 1.165) is 10.2 Å². The molecule has 0 aliphatic carbocycles. The largest absolute Gasteiger partial charge is 0.465 e. The smallest absolute Gasteiger partial charge is 0.337 e. The van der Waals surface area contributed by atoms with Gasteiger partial charge in [-0.2, -0.15) is 0 Å². The predicted octanol–water partition coefficient (Wildman–Crippen LogP) is 4.16. The second kappa shape index (κ2) is 6.57. The molecule has 1 N–H and O–H groups in total. The molecule has 2 rings (SSSR count). The fourth-order valence-electron chi connectivity index (χ4n) is 1.82. The minimum atomic E-state index is -0.327. The topological polar surface area (TPSA) is 38.3 Å². The molecule has 0 unspecified atom stereocenters. The summed E-state index contributed by atoms with van der Waals surface area (Å²) in [7, 11) is 1.38. The molecule has 3 nitrogen and oxygen atoms in total. The van der Waals surface area contributed by atoms with Gasteiger partial charge in [0, 0.05) is 16.7 Å². The molecule has 104 valence electrons. The molecule has 2 aromatic rings. The first kappa shape index (κ1) is 14.6. The van der Waals surface area contributed by atoms with E-state index in [1.54, 1.807) is 12.1 Å². The van der Waals surface area contributed by atoms with Crippen LogP contribution in [0, 0.1) is 6.92 Å². The van der Waals surface area contributed by atoms with Crippen molar-refractivity contribution >= 4 is 27.6 Å². The molecule has 0 heterocycles. The Morgan fingerprint density at radius 2 is 2.05 bits per heavy atom. The Hall–Kier alpha value is -1.81. The van der Waals surface area contributed by atoms with Gasteiger partial charge in [-0.05, 0) is 42.3 Å². The molecule has 0 aliphatic heterocycles. The second-order valence-electron chi connectivity index (χ2n) is 4.51. The normalized spacial score (nSPS) is 10.2. The lowest BCUT2D eigenvalue weighted by Crippen LogP contribution is -2.04. The maximum atomic E-state index is 11.5. The second-order valence-corrected chi connectivity index (χ2v) is 5.36. The number of methoxy groups -OCH3 is 1. The summed E-state index contributed by atoms with van der Waals surface area (Å²) < 4.78 is 5.81. The molecule has 0 radical (unpaired) electrons. The fraction of sp³-hybridized carbons (Fsp3) is 0.188. The summed E-state index contributed by atoms with van der Waals surface area (Å²) in [6, 6.07) is 13.5. The van der Waals surface area contributed by atoms with E-state index in [2.05, 4.69) is 46.4 Å². The van der Waals surface area contributed by atoms with Crippen LogP contribution in [0.5, 0.6) is 0 Å². The van der Waals surface area contributed by atoms with Crippen LogP contribution in [0.4, 0.5) is 5.69 Å². The van der Waals surface area contributed by atoms with E-state index >= 15 is 0 Å². The molecule has 2 aromatic carbocycles. The highest BCUT2D eigenvalue weighted by Crippen LogP contribution is 2.19. The number of halogens is 1. The monoisotopic (exact) mass is 333 g/mol. The van der Waals surface area contributed by atoms with Crippen LogP contribution in [0.3, 0.4) is 0 Å². The number of hydrogen-bond donors (Lipinski definition) is 1. The van der Waals surface area contributed by atoms with Crippen LogP contribution < -0.4 is 5.32 Å². The SMILES string of the molecule is COC(=O)c1cccc(NCc2ccc(C)c(Br)c2)c1. The lowest BCUT2D eigenvalue weighted by atomic mass is 10.1. The molecule has 0 fully saturated rings. The molecule has 0 saturated heterocycles. The van der Waals surface area contributed by atoms with Gasteiger partial charge in [-0.1, -0.05) is 34.1 Å². The highest BCUT2D eigenvalue weighted by Gasteiger charge is 2.05. The van der Waals surface area contributed by atoms with Crippen LogP contribution in [0.2, 0.25) is 0 Å². The highest BCUT2D eigenvalue weighted by atomic mass is 79.9. The number of esters is 1. The van der Waals surface area contributed by atoms with Crippen LogP contribution in [0.25, 0.3) is 0 Å². The molecule has 0 amide bonds. The van der Waals surface area contributed by atoms with E-state index in [1.807, 2.05) is 12.1 Å². The van der Waals surface area contributed by atoms with Gasteiger partial charge in [0.2, 0.25) is 0 Å². The molecule has 20 heavy (non-hydrogen) atoms. The zero-order valence-electron chi connectivity index (χ0n) is 11.4. The third-order valence-electron chi connectivity index (χ3n) is 3.02. The Labute approximate surface area is 127 Å². The Morgan fingerprint density at radius 3 is 2.75 bits per heavy atom. The molecule has 0 bridgehead atoms. The zero-order valence-corrected chi connectivity index (χ0v) is 13.0. The lowest BCUT2D eigenvalue weighted by molar-refractivity contribution is 0.0601. The highest BCUT2D eigenvalue weighted by molar-refractivity contribution is 9.10. The molecule has 0 spiro atoms. The Morgan fingerprint density at radius 1 is 1.25 bits per heavy atom. The van der Waals surface area contributed by atoms with E-state index < -0.39 is 0 Å². The maximum absolute atomic E-state index is 11.5. The number of carbonyl (C=O) groups excluding carboxylic acids is 1. The Balaban J connectivity index is 2.07. The van der Waals surface area contributed by atoms with Crippen LogP contribution in [-0.4, -0.2) is 13.1 Å². The maximum Gasteiger partial charge on any atom is 0.337 e. The average molecular weight is 334 g/mol. The van der Waals surface area contributed by atoms with Crippen molar-refractivity contribution in [3.8, 4) is 0 Å². The van der Waals surface area contributed by atoms with Crippen molar-refractivity contribution in [2.45, 2.75) is 13.5 Å². The summed E-state index contributed by atoms with van der Waals surface area (Å²) >= 11 is 3.52. The van der Waals surface area contributed by atoms with Crippen LogP contribution in [0.1, 0.15) is 21.5 Å². The van der Waals surface area contributed by atoms with Gasteiger partial charge in [0.1, 0.15) is 0 Å². The Bertz CT molecular complexity index is 626. The van der Waals surface area contributed by atoms with E-state index in [9.17, 15) is 4.79 Å². The molecular weight excluding hydrogens is 318 g/mol. The van der Waals surface area contributed by atoms with Gasteiger partial charge in [-0.3, -0.25) is 0 Å². The summed E-state index contributed by atoms with van der Waals surface area (Å²) in [4.78, 5) is 11.5. The minimum Gasteiger partial charge on any atom is -0.465 e. The third kappa shape index (κ3) is 3.61. The summed E-state index contributed by atoms with van der Waals surface area (Å²) in [6.45, 7) is 2.75. The van der Waals surface area contributed by atoms with Crippen molar-refractivity contribution in [2.24, 2.45) is 0 Å². The van der Waals surface area contributed by atoms with E-state index in [0.29, 0.717) is 12.1 Å². The van der Waals surface area contributed by atoms with Gasteiger partial charge in [-0.15, -0.1) is 0 Å². The molecule has 0 aromatic heterocycles. The van der Waals surface area contributed by atoms with Crippen molar-refractivity contribution in [1.29, 1.82) is 0 Å². The average Bonchev–Trinajstić information content (AvgIpc) is 2.48. The van der Waals surface area contributed by atoms with Crippen molar-refractivity contribution in [3.05, 3.63) is 63.6 Å². The molecule has 0 atom stereocenters. The number of hydrogen-bond acceptors (Lipinski definition) is 3. The summed E-state index contributed by atoms with van der Waals surface area (Å²) in [6.07, 6.45) is 0. The first-order chi connectivity index (χ1) is 9.60. The van der Waals surface area contributed by atoms with Crippen molar-refractivity contribution < 1.29 is 9.53 Å². The first-order valence-electron chi connectivity index (χ1n) is 6.27. The zero-order chi connectivity index (χ0) is 14.5. The van der Waals surface area contributed by atoms with Crippen LogP contribution >= 0.6 is 15.9 Å². The number of ether oxygens (including phenoxy) is 1.